The van der Waals surface area contributed by atoms with Gasteiger partial charge in [0.1, 0.15) is 5.82 Å². The number of benzene rings is 1. The highest BCUT2D eigenvalue weighted by molar-refractivity contribution is 6.30. The number of aliphatic carboxylic acids is 1. The van der Waals surface area contributed by atoms with E-state index in [0.29, 0.717) is 0 Å². The Morgan fingerprint density at radius 2 is 2.06 bits per heavy atom. The van der Waals surface area contributed by atoms with Crippen molar-refractivity contribution in [3.8, 4) is 0 Å². The number of carboxylic acid groups (broad SMARTS) is 1. The molecular formula is C10H8ClF4NO2. The number of carboxylic acids is 1. The number of rotatable bonds is 4. The summed E-state index contributed by atoms with van der Waals surface area (Å²) in [5.41, 5.74) is -0.241. The highest BCUT2D eigenvalue weighted by Crippen LogP contribution is 2.27. The predicted molar refractivity (Wildman–Crippen MR) is 57.1 cm³/mol. The Bertz CT molecular complexity index is 450. The zero-order chi connectivity index (χ0) is 13.9. The first kappa shape index (κ1) is 14.6. The lowest BCUT2D eigenvalue weighted by Gasteiger charge is -2.17. The standard InChI is InChI=1S/C10H8ClF4NO2/c11-5-1-2-8(7(12)3-5)16-4-6(9(17)18)10(13,14)15/h1-3,6,16H,4H2,(H,17,18). The summed E-state index contributed by atoms with van der Waals surface area (Å²) in [5, 5.41) is 10.6. The Kier molecular flexibility index (Phi) is 4.39. The summed E-state index contributed by atoms with van der Waals surface area (Å²) in [6, 6.07) is 3.32. The molecule has 1 aromatic rings. The first-order valence-electron chi connectivity index (χ1n) is 4.70. The summed E-state index contributed by atoms with van der Waals surface area (Å²) in [6.45, 7) is -0.961. The summed E-state index contributed by atoms with van der Waals surface area (Å²) < 4.78 is 50.1. The Hall–Kier alpha value is -1.50. The molecule has 2 N–H and O–H groups in total. The normalized spacial score (nSPS) is 13.2. The van der Waals surface area contributed by atoms with Crippen LogP contribution in [0.2, 0.25) is 5.02 Å². The molecule has 0 saturated carbocycles. The molecule has 3 nitrogen and oxygen atoms in total. The fraction of sp³-hybridized carbons (Fsp3) is 0.300. The highest BCUT2D eigenvalue weighted by atomic mass is 35.5. The van der Waals surface area contributed by atoms with Crippen molar-refractivity contribution in [2.24, 2.45) is 5.92 Å². The van der Waals surface area contributed by atoms with Gasteiger partial charge in [0.05, 0.1) is 5.69 Å². The van der Waals surface area contributed by atoms with Crippen LogP contribution in [0.4, 0.5) is 23.2 Å². The van der Waals surface area contributed by atoms with Crippen molar-refractivity contribution in [3.63, 3.8) is 0 Å². The smallest absolute Gasteiger partial charge is 0.403 e. The molecule has 0 aromatic heterocycles. The molecule has 1 atom stereocenters. The zero-order valence-electron chi connectivity index (χ0n) is 8.76. The van der Waals surface area contributed by atoms with Gasteiger partial charge in [0, 0.05) is 11.6 Å². The van der Waals surface area contributed by atoms with Crippen LogP contribution < -0.4 is 5.32 Å². The largest absolute Gasteiger partial charge is 0.481 e. The summed E-state index contributed by atoms with van der Waals surface area (Å²) in [4.78, 5) is 10.4. The van der Waals surface area contributed by atoms with Crippen LogP contribution in [0.3, 0.4) is 0 Å². The van der Waals surface area contributed by atoms with Crippen LogP contribution in [0, 0.1) is 11.7 Å². The van der Waals surface area contributed by atoms with E-state index in [9.17, 15) is 22.4 Å². The maximum Gasteiger partial charge on any atom is 0.403 e. The van der Waals surface area contributed by atoms with Gasteiger partial charge >= 0.3 is 12.1 Å². The van der Waals surface area contributed by atoms with E-state index in [4.69, 9.17) is 16.7 Å². The minimum atomic E-state index is -4.90. The number of anilines is 1. The van der Waals surface area contributed by atoms with Crippen LogP contribution >= 0.6 is 11.6 Å². The molecule has 8 heteroatoms. The third-order valence-corrected chi connectivity index (χ3v) is 2.36. The quantitative estimate of drug-likeness (QED) is 0.836. The molecule has 1 unspecified atom stereocenters. The second-order valence-corrected chi connectivity index (χ2v) is 3.87. The van der Waals surface area contributed by atoms with Crippen molar-refractivity contribution in [3.05, 3.63) is 29.0 Å². The minimum absolute atomic E-state index is 0.0867. The molecule has 1 rings (SSSR count). The predicted octanol–water partition coefficient (Wildman–Crippen LogP) is 3.15. The fourth-order valence-corrected chi connectivity index (χ4v) is 1.35. The third kappa shape index (κ3) is 3.76. The van der Waals surface area contributed by atoms with E-state index in [1.165, 1.54) is 6.07 Å². The SMILES string of the molecule is O=C(O)C(CNc1ccc(Cl)cc1F)C(F)(F)F. The lowest BCUT2D eigenvalue weighted by molar-refractivity contribution is -0.190. The van der Waals surface area contributed by atoms with Crippen molar-refractivity contribution >= 4 is 23.3 Å². The third-order valence-electron chi connectivity index (χ3n) is 2.12. The van der Waals surface area contributed by atoms with Gasteiger partial charge in [-0.1, -0.05) is 11.6 Å². The molecule has 1 aromatic carbocycles. The molecule has 0 heterocycles. The molecule has 0 fully saturated rings. The van der Waals surface area contributed by atoms with Crippen LogP contribution in [-0.2, 0) is 4.79 Å². The van der Waals surface area contributed by atoms with Crippen molar-refractivity contribution < 1.29 is 27.5 Å². The maximum atomic E-state index is 13.2. The van der Waals surface area contributed by atoms with Gasteiger partial charge in [0.15, 0.2) is 5.92 Å². The number of carbonyl (C=O) groups is 1. The maximum absolute atomic E-state index is 13.2. The zero-order valence-corrected chi connectivity index (χ0v) is 9.52. The number of halogens is 5. The Labute approximate surface area is 104 Å². The van der Waals surface area contributed by atoms with Crippen LogP contribution in [0.25, 0.3) is 0 Å². The Balaban J connectivity index is 2.77. The van der Waals surface area contributed by atoms with E-state index in [1.807, 2.05) is 0 Å². The second kappa shape index (κ2) is 5.43. The minimum Gasteiger partial charge on any atom is -0.481 e. The first-order chi connectivity index (χ1) is 8.21. The average molecular weight is 286 g/mol. The monoisotopic (exact) mass is 285 g/mol. The molecule has 0 saturated heterocycles. The molecule has 0 aliphatic heterocycles. The van der Waals surface area contributed by atoms with E-state index in [0.717, 1.165) is 12.1 Å². The summed E-state index contributed by atoms with van der Waals surface area (Å²) in [5.74, 6) is -5.48. The van der Waals surface area contributed by atoms with Gasteiger partial charge in [-0.05, 0) is 18.2 Å². The average Bonchev–Trinajstić information content (AvgIpc) is 2.18. The van der Waals surface area contributed by atoms with E-state index in [1.54, 1.807) is 0 Å². The molecule has 0 aliphatic carbocycles. The molecule has 0 radical (unpaired) electrons. The number of alkyl halides is 3. The van der Waals surface area contributed by atoms with Gasteiger partial charge in [-0.15, -0.1) is 0 Å². The fourth-order valence-electron chi connectivity index (χ4n) is 1.19. The Morgan fingerprint density at radius 3 is 2.50 bits per heavy atom. The van der Waals surface area contributed by atoms with E-state index in [-0.39, 0.29) is 10.7 Å². The van der Waals surface area contributed by atoms with Gasteiger partial charge in [0.2, 0.25) is 0 Å². The van der Waals surface area contributed by atoms with Gasteiger partial charge in [-0.2, -0.15) is 13.2 Å². The number of hydrogen-bond acceptors (Lipinski definition) is 2. The number of nitrogens with one attached hydrogen (secondary N) is 1. The van der Waals surface area contributed by atoms with Crippen molar-refractivity contribution in [1.29, 1.82) is 0 Å². The van der Waals surface area contributed by atoms with Gasteiger partial charge in [-0.3, -0.25) is 4.79 Å². The van der Waals surface area contributed by atoms with Gasteiger partial charge < -0.3 is 10.4 Å². The lowest BCUT2D eigenvalue weighted by Crippen LogP contribution is -2.36. The number of hydrogen-bond donors (Lipinski definition) is 2. The molecule has 0 amide bonds. The van der Waals surface area contributed by atoms with E-state index >= 15 is 0 Å². The van der Waals surface area contributed by atoms with Crippen LogP contribution in [0.1, 0.15) is 0 Å². The van der Waals surface area contributed by atoms with Crippen molar-refractivity contribution in [1.82, 2.24) is 0 Å². The van der Waals surface area contributed by atoms with Crippen LogP contribution in [-0.4, -0.2) is 23.8 Å². The Morgan fingerprint density at radius 1 is 1.44 bits per heavy atom. The van der Waals surface area contributed by atoms with Crippen molar-refractivity contribution in [2.45, 2.75) is 6.18 Å². The lowest BCUT2D eigenvalue weighted by atomic mass is 10.1. The van der Waals surface area contributed by atoms with Gasteiger partial charge in [-0.25, -0.2) is 4.39 Å². The molecule has 100 valence electrons. The molecular weight excluding hydrogens is 278 g/mol. The van der Waals surface area contributed by atoms with Crippen LogP contribution in [0.15, 0.2) is 18.2 Å². The van der Waals surface area contributed by atoms with E-state index in [2.05, 4.69) is 5.32 Å². The highest BCUT2D eigenvalue weighted by Gasteiger charge is 2.44. The molecule has 0 aliphatic rings. The summed E-state index contributed by atoms with van der Waals surface area (Å²) >= 11 is 5.46. The van der Waals surface area contributed by atoms with Gasteiger partial charge in [0.25, 0.3) is 0 Å². The van der Waals surface area contributed by atoms with Crippen LogP contribution in [0.5, 0.6) is 0 Å². The first-order valence-corrected chi connectivity index (χ1v) is 5.08. The molecule has 0 bridgehead atoms. The van der Waals surface area contributed by atoms with Crippen molar-refractivity contribution in [2.75, 3.05) is 11.9 Å². The second-order valence-electron chi connectivity index (χ2n) is 3.44. The topological polar surface area (TPSA) is 49.3 Å². The summed E-state index contributed by atoms with van der Waals surface area (Å²) in [6.07, 6.45) is -4.90. The van der Waals surface area contributed by atoms with E-state index < -0.39 is 30.4 Å². The summed E-state index contributed by atoms with van der Waals surface area (Å²) in [7, 11) is 0. The molecule has 18 heavy (non-hydrogen) atoms. The molecule has 0 spiro atoms.